The summed E-state index contributed by atoms with van der Waals surface area (Å²) in [5.41, 5.74) is 0. The van der Waals surface area contributed by atoms with Gasteiger partial charge in [-0.1, -0.05) is 6.92 Å². The van der Waals surface area contributed by atoms with Crippen molar-refractivity contribution in [3.63, 3.8) is 0 Å². The van der Waals surface area contributed by atoms with E-state index in [1.807, 2.05) is 6.92 Å². The van der Waals surface area contributed by atoms with Crippen LogP contribution < -0.4 is 0 Å². The Hall–Kier alpha value is -0.640. The van der Waals surface area contributed by atoms with Crippen molar-refractivity contribution in [1.82, 2.24) is 0 Å². The van der Waals surface area contributed by atoms with Gasteiger partial charge in [0.1, 0.15) is 0 Å². The normalized spacial score (nSPS) is 35.1. The minimum absolute atomic E-state index is 0.107. The highest BCUT2D eigenvalue weighted by Crippen LogP contribution is 2.25. The van der Waals surface area contributed by atoms with Crippen molar-refractivity contribution >= 4 is 5.97 Å². The predicted octanol–water partition coefficient (Wildman–Crippen LogP) is 1.41. The summed E-state index contributed by atoms with van der Waals surface area (Å²) < 4.78 is 22.7. The standard InChI is InChI=1S/C8H13FO3/c1-3-6-4-7(9)8(12-6)11-5(2)10/h6-8H,3-4H2,1-2H3/t6-,7?,8-/m0/s1. The molecule has 0 radical (unpaired) electrons. The molecule has 1 saturated heterocycles. The molecule has 1 unspecified atom stereocenters. The van der Waals surface area contributed by atoms with Gasteiger partial charge in [-0.2, -0.15) is 0 Å². The van der Waals surface area contributed by atoms with E-state index in [0.29, 0.717) is 6.42 Å². The zero-order valence-corrected chi connectivity index (χ0v) is 7.25. The Kier molecular flexibility index (Phi) is 3.03. The van der Waals surface area contributed by atoms with Crippen LogP contribution in [0.15, 0.2) is 0 Å². The molecule has 1 fully saturated rings. The van der Waals surface area contributed by atoms with Crippen molar-refractivity contribution in [1.29, 1.82) is 0 Å². The number of carbonyl (C=O) groups excluding carboxylic acids is 1. The molecule has 3 atom stereocenters. The Morgan fingerprint density at radius 3 is 2.83 bits per heavy atom. The summed E-state index contributed by atoms with van der Waals surface area (Å²) in [6.07, 6.45) is -1.18. The van der Waals surface area contributed by atoms with E-state index in [0.717, 1.165) is 6.42 Å². The minimum Gasteiger partial charge on any atom is -0.433 e. The second-order valence-electron chi connectivity index (χ2n) is 2.90. The van der Waals surface area contributed by atoms with E-state index in [1.54, 1.807) is 0 Å². The average Bonchev–Trinajstić information content (AvgIpc) is 2.31. The molecule has 0 saturated carbocycles. The van der Waals surface area contributed by atoms with Crippen LogP contribution in [0, 0.1) is 0 Å². The third-order valence-corrected chi connectivity index (χ3v) is 1.85. The van der Waals surface area contributed by atoms with Gasteiger partial charge >= 0.3 is 5.97 Å². The van der Waals surface area contributed by atoms with Gasteiger partial charge in [-0.15, -0.1) is 0 Å². The molecule has 0 bridgehead atoms. The van der Waals surface area contributed by atoms with Crippen LogP contribution in [0.3, 0.4) is 0 Å². The number of carbonyl (C=O) groups is 1. The Morgan fingerprint density at radius 1 is 1.75 bits per heavy atom. The lowest BCUT2D eigenvalue weighted by atomic mass is 10.2. The van der Waals surface area contributed by atoms with Gasteiger partial charge in [0.15, 0.2) is 6.17 Å². The van der Waals surface area contributed by atoms with Crippen LogP contribution in [0.1, 0.15) is 26.7 Å². The van der Waals surface area contributed by atoms with Gasteiger partial charge in [0.05, 0.1) is 6.10 Å². The van der Waals surface area contributed by atoms with E-state index < -0.39 is 18.4 Å². The maximum absolute atomic E-state index is 13.0. The molecular weight excluding hydrogens is 163 g/mol. The van der Waals surface area contributed by atoms with Gasteiger partial charge in [0.25, 0.3) is 0 Å². The first kappa shape index (κ1) is 9.45. The number of hydrogen-bond acceptors (Lipinski definition) is 3. The smallest absolute Gasteiger partial charge is 0.305 e. The Morgan fingerprint density at radius 2 is 2.42 bits per heavy atom. The quantitative estimate of drug-likeness (QED) is 0.597. The molecule has 0 aromatic rings. The summed E-state index contributed by atoms with van der Waals surface area (Å²) in [7, 11) is 0. The van der Waals surface area contributed by atoms with Gasteiger partial charge in [-0.25, -0.2) is 4.39 Å². The highest BCUT2D eigenvalue weighted by molar-refractivity contribution is 5.66. The fraction of sp³-hybridized carbons (Fsp3) is 0.875. The van der Waals surface area contributed by atoms with E-state index in [4.69, 9.17) is 4.74 Å². The number of esters is 1. The van der Waals surface area contributed by atoms with E-state index in [9.17, 15) is 9.18 Å². The van der Waals surface area contributed by atoms with Crippen molar-refractivity contribution in [3.05, 3.63) is 0 Å². The number of ether oxygens (including phenoxy) is 2. The number of rotatable bonds is 2. The first-order valence-electron chi connectivity index (χ1n) is 4.10. The molecule has 12 heavy (non-hydrogen) atoms. The molecule has 0 N–H and O–H groups in total. The number of alkyl halides is 1. The van der Waals surface area contributed by atoms with E-state index in [1.165, 1.54) is 6.92 Å². The summed E-state index contributed by atoms with van der Waals surface area (Å²) in [6.45, 7) is 3.16. The first-order valence-corrected chi connectivity index (χ1v) is 4.10. The largest absolute Gasteiger partial charge is 0.433 e. The maximum atomic E-state index is 13.0. The van der Waals surface area contributed by atoms with Crippen LogP contribution in [0.4, 0.5) is 4.39 Å². The van der Waals surface area contributed by atoms with Crippen molar-refractivity contribution in [2.45, 2.75) is 45.3 Å². The Balaban J connectivity index is 2.40. The van der Waals surface area contributed by atoms with Gasteiger partial charge in [-0.05, 0) is 6.42 Å². The third-order valence-electron chi connectivity index (χ3n) is 1.85. The van der Waals surface area contributed by atoms with Crippen molar-refractivity contribution in [2.24, 2.45) is 0 Å². The highest BCUT2D eigenvalue weighted by Gasteiger charge is 2.36. The lowest BCUT2D eigenvalue weighted by molar-refractivity contribution is -0.180. The zero-order valence-electron chi connectivity index (χ0n) is 7.25. The first-order chi connectivity index (χ1) is 5.63. The maximum Gasteiger partial charge on any atom is 0.305 e. The molecule has 4 heteroatoms. The summed E-state index contributed by atoms with van der Waals surface area (Å²) in [5.74, 6) is -0.501. The lowest BCUT2D eigenvalue weighted by Gasteiger charge is -2.12. The molecule has 0 aromatic heterocycles. The molecular formula is C8H13FO3. The van der Waals surface area contributed by atoms with Crippen LogP contribution in [-0.2, 0) is 14.3 Å². The van der Waals surface area contributed by atoms with Crippen LogP contribution in [0.25, 0.3) is 0 Å². The third kappa shape index (κ3) is 2.17. The van der Waals surface area contributed by atoms with E-state index in [2.05, 4.69) is 4.74 Å². The van der Waals surface area contributed by atoms with Gasteiger partial charge < -0.3 is 9.47 Å². The van der Waals surface area contributed by atoms with Crippen molar-refractivity contribution in [2.75, 3.05) is 0 Å². The van der Waals surface area contributed by atoms with Crippen LogP contribution in [0.2, 0.25) is 0 Å². The highest BCUT2D eigenvalue weighted by atomic mass is 19.1. The van der Waals surface area contributed by atoms with E-state index >= 15 is 0 Å². The van der Waals surface area contributed by atoms with E-state index in [-0.39, 0.29) is 6.10 Å². The SMILES string of the molecule is CC[C@H]1CC(F)[C@@H](OC(C)=O)O1. The molecule has 3 nitrogen and oxygen atoms in total. The van der Waals surface area contributed by atoms with Crippen molar-refractivity contribution < 1.29 is 18.7 Å². The molecule has 1 heterocycles. The number of halogens is 1. The molecule has 1 aliphatic rings. The minimum atomic E-state index is -1.17. The fourth-order valence-electron chi connectivity index (χ4n) is 1.22. The second-order valence-corrected chi connectivity index (χ2v) is 2.90. The Labute approximate surface area is 70.8 Å². The summed E-state index contributed by atoms with van der Waals surface area (Å²) >= 11 is 0. The lowest BCUT2D eigenvalue weighted by Crippen LogP contribution is -2.23. The van der Waals surface area contributed by atoms with Gasteiger partial charge in [0, 0.05) is 13.3 Å². The van der Waals surface area contributed by atoms with Crippen molar-refractivity contribution in [3.8, 4) is 0 Å². The second kappa shape index (κ2) is 3.85. The van der Waals surface area contributed by atoms with Crippen LogP contribution in [0.5, 0.6) is 0 Å². The van der Waals surface area contributed by atoms with Gasteiger partial charge in [0.2, 0.25) is 6.29 Å². The number of hydrogen-bond donors (Lipinski definition) is 0. The molecule has 70 valence electrons. The predicted molar refractivity (Wildman–Crippen MR) is 40.2 cm³/mol. The van der Waals surface area contributed by atoms with Gasteiger partial charge in [-0.3, -0.25) is 4.79 Å². The molecule has 1 aliphatic heterocycles. The van der Waals surface area contributed by atoms with Crippen LogP contribution in [-0.4, -0.2) is 24.5 Å². The summed E-state index contributed by atoms with van der Waals surface area (Å²) in [4.78, 5) is 10.5. The fourth-order valence-corrected chi connectivity index (χ4v) is 1.22. The average molecular weight is 176 g/mol. The molecule has 1 rings (SSSR count). The van der Waals surface area contributed by atoms with Crippen LogP contribution >= 0.6 is 0 Å². The topological polar surface area (TPSA) is 35.5 Å². The summed E-state index contributed by atoms with van der Waals surface area (Å²) in [5, 5.41) is 0. The Bertz CT molecular complexity index is 172. The molecule has 0 amide bonds. The molecule has 0 aliphatic carbocycles. The summed E-state index contributed by atoms with van der Waals surface area (Å²) in [6, 6.07) is 0. The zero-order chi connectivity index (χ0) is 9.14. The monoisotopic (exact) mass is 176 g/mol. The molecule has 0 aromatic carbocycles. The molecule has 0 spiro atoms.